The number of hydrogen-bond donors (Lipinski definition) is 0. The van der Waals surface area contributed by atoms with Crippen molar-refractivity contribution in [1.82, 2.24) is 0 Å². The van der Waals surface area contributed by atoms with Crippen LogP contribution in [-0.2, 0) is 14.3 Å². The first-order valence-corrected chi connectivity index (χ1v) is 7.84. The van der Waals surface area contributed by atoms with Gasteiger partial charge in [-0.2, -0.15) is 0 Å². The molecule has 5 heteroatoms. The second-order valence-electron chi connectivity index (χ2n) is 5.53. The Morgan fingerprint density at radius 1 is 1.19 bits per heavy atom. The molecular weight excluding hydrogens is 270 g/mol. The molecule has 1 aliphatic rings. The minimum absolute atomic E-state index is 0.0495. The van der Waals surface area contributed by atoms with Crippen molar-refractivity contribution in [2.45, 2.75) is 32.6 Å². The maximum Gasteiger partial charge on any atom is 0.0969 e. The summed E-state index contributed by atoms with van der Waals surface area (Å²) in [6, 6.07) is 0. The number of hydrogen-bond acceptors (Lipinski definition) is 4. The monoisotopic (exact) mass is 301 g/mol. The lowest BCUT2D eigenvalue weighted by Gasteiger charge is -2.36. The van der Waals surface area contributed by atoms with Gasteiger partial charge in [-0.05, 0) is 32.3 Å². The third kappa shape index (κ3) is 12.5. The van der Waals surface area contributed by atoms with Crippen molar-refractivity contribution in [3.8, 4) is 0 Å². The minimum atomic E-state index is -1.08. The second kappa shape index (κ2) is 12.8. The SMILES string of the molecule is C=CC[N+]1(C)CCCCC1.CCOCCOCCC(=O)[O-]. The number of carboxylic acid groups (broad SMARTS) is 1. The number of carboxylic acids is 1. The summed E-state index contributed by atoms with van der Waals surface area (Å²) in [6.45, 7) is 11.4. The molecule has 124 valence electrons. The van der Waals surface area contributed by atoms with Crippen molar-refractivity contribution in [1.29, 1.82) is 0 Å². The predicted octanol–water partition coefficient (Wildman–Crippen LogP) is 0.982. The molecule has 0 saturated carbocycles. The van der Waals surface area contributed by atoms with E-state index in [0.29, 0.717) is 19.8 Å². The summed E-state index contributed by atoms with van der Waals surface area (Å²) < 4.78 is 11.1. The number of nitrogens with zero attached hydrogens (tertiary/aromatic N) is 1. The zero-order chi connectivity index (χ0) is 16.0. The van der Waals surface area contributed by atoms with Crippen LogP contribution in [0.3, 0.4) is 0 Å². The van der Waals surface area contributed by atoms with E-state index < -0.39 is 5.97 Å². The number of rotatable bonds is 9. The standard InChI is InChI=1S/C9H18N.C7H14O4/c1-3-7-10(2)8-5-4-6-9-10;1-2-10-5-6-11-4-3-7(8)9/h3H,1,4-9H2,2H3;2-6H2,1H3,(H,8,9)/q+1;/p-1. The third-order valence-electron chi connectivity index (χ3n) is 3.49. The molecule has 0 unspecified atom stereocenters. The molecule has 0 radical (unpaired) electrons. The van der Waals surface area contributed by atoms with Crippen molar-refractivity contribution in [3.63, 3.8) is 0 Å². The zero-order valence-corrected chi connectivity index (χ0v) is 13.6. The van der Waals surface area contributed by atoms with Gasteiger partial charge in [0.2, 0.25) is 0 Å². The summed E-state index contributed by atoms with van der Waals surface area (Å²) in [5.41, 5.74) is 0. The normalized spacial score (nSPS) is 16.7. The van der Waals surface area contributed by atoms with Gasteiger partial charge in [-0.25, -0.2) is 0 Å². The van der Waals surface area contributed by atoms with E-state index in [1.54, 1.807) is 0 Å². The number of likely N-dealkylation sites (N-methyl/N-ethyl adjacent to an activating group) is 1. The van der Waals surface area contributed by atoms with Gasteiger partial charge >= 0.3 is 0 Å². The van der Waals surface area contributed by atoms with Gasteiger partial charge in [0, 0.05) is 19.0 Å². The maximum atomic E-state index is 9.87. The first-order chi connectivity index (χ1) is 10.0. The highest BCUT2D eigenvalue weighted by Crippen LogP contribution is 2.15. The van der Waals surface area contributed by atoms with Crippen LogP contribution in [0.25, 0.3) is 0 Å². The fourth-order valence-electron chi connectivity index (χ4n) is 2.29. The molecule has 21 heavy (non-hydrogen) atoms. The Kier molecular flexibility index (Phi) is 12.2. The molecule has 0 bridgehead atoms. The van der Waals surface area contributed by atoms with Gasteiger partial charge in [0.05, 0.1) is 46.5 Å². The number of carbonyl (C=O) groups is 1. The highest BCUT2D eigenvalue weighted by molar-refractivity contribution is 5.64. The predicted molar refractivity (Wildman–Crippen MR) is 81.8 cm³/mol. The Morgan fingerprint density at radius 3 is 2.33 bits per heavy atom. The van der Waals surface area contributed by atoms with Gasteiger partial charge in [0.25, 0.3) is 0 Å². The molecule has 0 atom stereocenters. The summed E-state index contributed by atoms with van der Waals surface area (Å²) in [5, 5.41) is 9.87. The van der Waals surface area contributed by atoms with Gasteiger partial charge in [0.1, 0.15) is 0 Å². The van der Waals surface area contributed by atoms with Crippen molar-refractivity contribution < 1.29 is 23.9 Å². The van der Waals surface area contributed by atoms with E-state index in [4.69, 9.17) is 9.47 Å². The van der Waals surface area contributed by atoms with E-state index in [1.165, 1.54) is 36.8 Å². The summed E-state index contributed by atoms with van der Waals surface area (Å²) in [7, 11) is 2.33. The number of likely N-dealkylation sites (tertiary alicyclic amines) is 1. The molecule has 5 nitrogen and oxygen atoms in total. The Morgan fingerprint density at radius 2 is 1.81 bits per heavy atom. The molecule has 0 spiro atoms. The molecular formula is C16H31NO4. The van der Waals surface area contributed by atoms with E-state index in [0.717, 1.165) is 6.54 Å². The molecule has 0 aromatic rings. The molecule has 1 aliphatic heterocycles. The Balaban J connectivity index is 0.000000382. The van der Waals surface area contributed by atoms with Crippen LogP contribution in [0.5, 0.6) is 0 Å². The first-order valence-electron chi connectivity index (χ1n) is 7.84. The van der Waals surface area contributed by atoms with Crippen LogP contribution in [0, 0.1) is 0 Å². The smallest absolute Gasteiger partial charge is 0.0969 e. The Bertz CT molecular complexity index is 275. The topological polar surface area (TPSA) is 58.6 Å². The quantitative estimate of drug-likeness (QED) is 0.362. The van der Waals surface area contributed by atoms with Crippen molar-refractivity contribution in [2.24, 2.45) is 0 Å². The Hall–Kier alpha value is -0.910. The highest BCUT2D eigenvalue weighted by atomic mass is 16.5. The van der Waals surface area contributed by atoms with Crippen LogP contribution in [0.15, 0.2) is 12.7 Å². The van der Waals surface area contributed by atoms with Gasteiger partial charge < -0.3 is 23.9 Å². The van der Waals surface area contributed by atoms with Crippen LogP contribution in [-0.4, -0.2) is 63.6 Å². The van der Waals surface area contributed by atoms with E-state index >= 15 is 0 Å². The summed E-state index contributed by atoms with van der Waals surface area (Å²) in [5.74, 6) is -1.08. The average Bonchev–Trinajstić information content (AvgIpc) is 2.44. The van der Waals surface area contributed by atoms with E-state index in [-0.39, 0.29) is 13.0 Å². The van der Waals surface area contributed by atoms with Crippen molar-refractivity contribution in [3.05, 3.63) is 12.7 Å². The summed E-state index contributed by atoms with van der Waals surface area (Å²) in [4.78, 5) is 9.87. The van der Waals surface area contributed by atoms with E-state index in [2.05, 4.69) is 13.6 Å². The van der Waals surface area contributed by atoms with Crippen LogP contribution in [0.4, 0.5) is 0 Å². The molecule has 1 rings (SSSR count). The molecule has 0 aromatic carbocycles. The van der Waals surface area contributed by atoms with Crippen LogP contribution < -0.4 is 5.11 Å². The van der Waals surface area contributed by atoms with Crippen LogP contribution >= 0.6 is 0 Å². The van der Waals surface area contributed by atoms with Crippen LogP contribution in [0.1, 0.15) is 32.6 Å². The first kappa shape index (κ1) is 20.1. The lowest BCUT2D eigenvalue weighted by molar-refractivity contribution is -0.908. The van der Waals surface area contributed by atoms with Gasteiger partial charge in [-0.3, -0.25) is 0 Å². The number of quaternary nitrogens is 1. The lowest BCUT2D eigenvalue weighted by atomic mass is 10.1. The zero-order valence-electron chi connectivity index (χ0n) is 13.6. The minimum Gasteiger partial charge on any atom is -0.550 e. The molecule has 0 aliphatic carbocycles. The van der Waals surface area contributed by atoms with E-state index in [1.807, 2.05) is 13.0 Å². The molecule has 1 heterocycles. The van der Waals surface area contributed by atoms with Gasteiger partial charge in [-0.1, -0.05) is 6.58 Å². The van der Waals surface area contributed by atoms with Gasteiger partial charge in [0.15, 0.2) is 0 Å². The van der Waals surface area contributed by atoms with Crippen molar-refractivity contribution in [2.75, 3.05) is 53.1 Å². The summed E-state index contributed by atoms with van der Waals surface area (Å²) >= 11 is 0. The van der Waals surface area contributed by atoms with Gasteiger partial charge in [-0.15, -0.1) is 0 Å². The fraction of sp³-hybridized carbons (Fsp3) is 0.812. The van der Waals surface area contributed by atoms with Crippen LogP contribution in [0.2, 0.25) is 0 Å². The number of piperidine rings is 1. The lowest BCUT2D eigenvalue weighted by Crippen LogP contribution is -2.47. The largest absolute Gasteiger partial charge is 0.550 e. The molecule has 1 saturated heterocycles. The second-order valence-corrected chi connectivity index (χ2v) is 5.53. The van der Waals surface area contributed by atoms with E-state index in [9.17, 15) is 9.90 Å². The summed E-state index contributed by atoms with van der Waals surface area (Å²) in [6.07, 6.45) is 6.25. The maximum absolute atomic E-state index is 9.87. The average molecular weight is 301 g/mol. The highest BCUT2D eigenvalue weighted by Gasteiger charge is 2.22. The number of aliphatic carboxylic acids is 1. The molecule has 1 fully saturated rings. The fourth-order valence-corrected chi connectivity index (χ4v) is 2.29. The number of ether oxygens (including phenoxy) is 2. The third-order valence-corrected chi connectivity index (χ3v) is 3.49. The molecule has 0 amide bonds. The molecule has 0 aromatic heterocycles. The number of carbonyl (C=O) groups excluding carboxylic acids is 1. The molecule has 0 N–H and O–H groups in total. The Labute approximate surface area is 129 Å². The van der Waals surface area contributed by atoms with Crippen molar-refractivity contribution >= 4 is 5.97 Å².